The van der Waals surface area contributed by atoms with Gasteiger partial charge in [0.15, 0.2) is 17.7 Å². The molecule has 1 unspecified atom stereocenters. The monoisotopic (exact) mass is 599 g/mol. The molecule has 2 aromatic carbocycles. The quantitative estimate of drug-likeness (QED) is 0.409. The highest BCUT2D eigenvalue weighted by Crippen LogP contribution is 2.43. The molecule has 232 valence electrons. The molecule has 5 rings (SSSR count). The smallest absolute Gasteiger partial charge is 0.329 e. The first-order valence-electron chi connectivity index (χ1n) is 14.2. The van der Waals surface area contributed by atoms with Crippen molar-refractivity contribution in [1.29, 1.82) is 0 Å². The molecule has 43 heavy (non-hydrogen) atoms. The molecule has 0 saturated carbocycles. The Bertz CT molecular complexity index is 1340. The minimum Gasteiger partial charge on any atom is -0.481 e. The summed E-state index contributed by atoms with van der Waals surface area (Å²) in [4.78, 5) is 36.2. The van der Waals surface area contributed by atoms with E-state index in [9.17, 15) is 14.4 Å². The Morgan fingerprint density at radius 3 is 2.33 bits per heavy atom. The molecule has 0 spiro atoms. The predicted molar refractivity (Wildman–Crippen MR) is 150 cm³/mol. The van der Waals surface area contributed by atoms with Crippen molar-refractivity contribution in [2.24, 2.45) is 0 Å². The average Bonchev–Trinajstić information content (AvgIpc) is 3.29. The van der Waals surface area contributed by atoms with Gasteiger partial charge in [-0.2, -0.15) is 0 Å². The lowest BCUT2D eigenvalue weighted by Gasteiger charge is -2.48. The van der Waals surface area contributed by atoms with E-state index in [2.05, 4.69) is 5.32 Å². The third kappa shape index (κ3) is 7.00. The maximum Gasteiger partial charge on any atom is 0.329 e. The van der Waals surface area contributed by atoms with Gasteiger partial charge in [0.1, 0.15) is 30.1 Å². The maximum absolute atomic E-state index is 12.8. The first-order chi connectivity index (χ1) is 20.4. The second kappa shape index (κ2) is 12.2. The van der Waals surface area contributed by atoms with E-state index in [0.717, 1.165) is 11.1 Å². The summed E-state index contributed by atoms with van der Waals surface area (Å²) in [6.45, 7) is 9.34. The molecule has 2 aromatic rings. The van der Waals surface area contributed by atoms with Gasteiger partial charge in [0.25, 0.3) is 5.91 Å². The molecule has 0 radical (unpaired) electrons. The molecular formula is C31H37NO11. The number of rotatable bonds is 9. The highest BCUT2D eigenvalue weighted by molar-refractivity contribution is 5.98. The van der Waals surface area contributed by atoms with Gasteiger partial charge < -0.3 is 43.6 Å². The van der Waals surface area contributed by atoms with Crippen molar-refractivity contribution in [2.45, 2.75) is 89.4 Å². The van der Waals surface area contributed by atoms with Crippen molar-refractivity contribution in [3.63, 3.8) is 0 Å². The Labute approximate surface area is 249 Å². The number of benzene rings is 2. The van der Waals surface area contributed by atoms with E-state index in [1.165, 1.54) is 0 Å². The number of carbonyl (C=O) groups excluding carboxylic acids is 2. The van der Waals surface area contributed by atoms with Crippen molar-refractivity contribution in [2.75, 3.05) is 13.2 Å². The second-order valence-corrected chi connectivity index (χ2v) is 11.5. The number of carboxylic acid groups (broad SMARTS) is 1. The van der Waals surface area contributed by atoms with Crippen molar-refractivity contribution in [3.8, 4) is 16.9 Å². The Morgan fingerprint density at radius 2 is 1.63 bits per heavy atom. The van der Waals surface area contributed by atoms with Crippen LogP contribution in [0.4, 0.5) is 0 Å². The minimum atomic E-state index is -1.31. The van der Waals surface area contributed by atoms with Crippen LogP contribution in [0.25, 0.3) is 11.1 Å². The summed E-state index contributed by atoms with van der Waals surface area (Å²) in [5.74, 6) is -3.78. The SMILES string of the molecule is CCOC(=O)C(CC(=O)O)NC(=O)c1ccc(-c2ccccc2O[C@H]2O[C@@H]3COC(C)(C)O[C@H]3[C@@H]3OC(C)(C)O[C@H]23)cc1. The largest absolute Gasteiger partial charge is 0.481 e. The number of aliphatic carboxylic acids is 1. The Morgan fingerprint density at radius 1 is 0.953 bits per heavy atom. The van der Waals surface area contributed by atoms with Crippen LogP contribution >= 0.6 is 0 Å². The van der Waals surface area contributed by atoms with Gasteiger partial charge in [-0.05, 0) is 58.4 Å². The average molecular weight is 600 g/mol. The van der Waals surface area contributed by atoms with Crippen LogP contribution in [0.5, 0.6) is 5.75 Å². The lowest BCUT2D eigenvalue weighted by molar-refractivity contribution is -0.362. The number of carbonyl (C=O) groups is 3. The first-order valence-corrected chi connectivity index (χ1v) is 14.2. The predicted octanol–water partition coefficient (Wildman–Crippen LogP) is 3.27. The van der Waals surface area contributed by atoms with Crippen LogP contribution in [-0.2, 0) is 38.0 Å². The Kier molecular flexibility index (Phi) is 8.77. The third-order valence-corrected chi connectivity index (χ3v) is 7.29. The number of nitrogens with one attached hydrogen (secondary N) is 1. The van der Waals surface area contributed by atoms with Crippen LogP contribution in [0, 0.1) is 0 Å². The number of ether oxygens (including phenoxy) is 7. The molecule has 0 aromatic heterocycles. The van der Waals surface area contributed by atoms with E-state index in [0.29, 0.717) is 12.4 Å². The molecule has 0 bridgehead atoms. The van der Waals surface area contributed by atoms with Crippen molar-refractivity contribution in [1.82, 2.24) is 5.32 Å². The fourth-order valence-corrected chi connectivity index (χ4v) is 5.42. The van der Waals surface area contributed by atoms with E-state index < -0.39 is 72.6 Å². The lowest BCUT2D eigenvalue weighted by Crippen LogP contribution is -2.64. The zero-order chi connectivity index (χ0) is 30.9. The normalized spacial score (nSPS) is 27.7. The number of hydrogen-bond acceptors (Lipinski definition) is 10. The van der Waals surface area contributed by atoms with Crippen LogP contribution in [0.3, 0.4) is 0 Å². The summed E-state index contributed by atoms with van der Waals surface area (Å²) >= 11 is 0. The standard InChI is InChI=1S/C31H37NO11/c1-6-37-28(36)20(15-23(33)34)32-27(35)18-13-11-17(12-14-18)19-9-7-8-10-21(19)39-29-26-25(42-31(4,5)43-26)24-22(40-29)16-38-30(2,3)41-24/h7-14,20,22,24-26,29H,6,15-16H2,1-5H3,(H,32,35)(H,33,34)/t20?,22-,24-,25+,26+,29+/m1/s1. The Balaban J connectivity index is 1.33. The molecule has 3 saturated heterocycles. The van der Waals surface area contributed by atoms with Gasteiger partial charge in [-0.25, -0.2) is 4.79 Å². The molecule has 2 N–H and O–H groups in total. The maximum atomic E-state index is 12.8. The second-order valence-electron chi connectivity index (χ2n) is 11.5. The molecule has 1 amide bonds. The van der Waals surface area contributed by atoms with E-state index >= 15 is 0 Å². The third-order valence-electron chi connectivity index (χ3n) is 7.29. The molecule has 6 atom stereocenters. The van der Waals surface area contributed by atoms with Gasteiger partial charge in [-0.15, -0.1) is 0 Å². The van der Waals surface area contributed by atoms with Crippen molar-refractivity contribution >= 4 is 17.8 Å². The highest BCUT2D eigenvalue weighted by atomic mass is 16.8. The van der Waals surface area contributed by atoms with Gasteiger partial charge >= 0.3 is 11.9 Å². The molecule has 3 aliphatic heterocycles. The first kappa shape index (κ1) is 30.9. The number of hydrogen-bond donors (Lipinski definition) is 2. The molecule has 3 aliphatic rings. The molecule has 0 aliphatic carbocycles. The topological polar surface area (TPSA) is 148 Å². The molecule has 12 heteroatoms. The molecule has 3 fully saturated rings. The van der Waals surface area contributed by atoms with Crippen molar-refractivity contribution < 1.29 is 52.6 Å². The summed E-state index contributed by atoms with van der Waals surface area (Å²) in [5.41, 5.74) is 1.73. The van der Waals surface area contributed by atoms with Crippen LogP contribution in [0.1, 0.15) is 51.4 Å². The fourth-order valence-electron chi connectivity index (χ4n) is 5.42. The van der Waals surface area contributed by atoms with Crippen LogP contribution < -0.4 is 10.1 Å². The summed E-state index contributed by atoms with van der Waals surface area (Å²) < 4.78 is 42.2. The number of fused-ring (bicyclic) bond motifs is 3. The van der Waals surface area contributed by atoms with E-state index in [-0.39, 0.29) is 12.2 Å². The highest BCUT2D eigenvalue weighted by Gasteiger charge is 2.59. The van der Waals surface area contributed by atoms with Crippen molar-refractivity contribution in [3.05, 3.63) is 54.1 Å². The van der Waals surface area contributed by atoms with Crippen LogP contribution in [-0.4, -0.2) is 84.5 Å². The van der Waals surface area contributed by atoms with Crippen LogP contribution in [0.15, 0.2) is 48.5 Å². The molecule has 3 heterocycles. The molecular weight excluding hydrogens is 562 g/mol. The molecule has 12 nitrogen and oxygen atoms in total. The lowest BCUT2D eigenvalue weighted by atomic mass is 9.97. The number of carboxylic acids is 1. The number of para-hydroxylation sites is 1. The number of esters is 1. The van der Waals surface area contributed by atoms with Gasteiger partial charge in [-0.1, -0.05) is 30.3 Å². The Hall–Kier alpha value is -3.55. The summed E-state index contributed by atoms with van der Waals surface area (Å²) in [6.07, 6.45) is -3.25. The number of amides is 1. The van der Waals surface area contributed by atoms with Gasteiger partial charge in [0.2, 0.25) is 6.29 Å². The van der Waals surface area contributed by atoms with Gasteiger partial charge in [0, 0.05) is 11.1 Å². The van der Waals surface area contributed by atoms with E-state index in [1.807, 2.05) is 52.0 Å². The zero-order valence-electron chi connectivity index (χ0n) is 24.7. The minimum absolute atomic E-state index is 0.0617. The van der Waals surface area contributed by atoms with E-state index in [4.69, 9.17) is 38.3 Å². The van der Waals surface area contributed by atoms with Gasteiger partial charge in [0.05, 0.1) is 19.6 Å². The van der Waals surface area contributed by atoms with Crippen LogP contribution in [0.2, 0.25) is 0 Å². The summed E-state index contributed by atoms with van der Waals surface area (Å²) in [7, 11) is 0. The summed E-state index contributed by atoms with van der Waals surface area (Å²) in [6, 6.07) is 12.7. The van der Waals surface area contributed by atoms with E-state index in [1.54, 1.807) is 31.2 Å². The fraction of sp³-hybridized carbons (Fsp3) is 0.516. The van der Waals surface area contributed by atoms with Gasteiger partial charge in [-0.3, -0.25) is 9.59 Å². The summed E-state index contributed by atoms with van der Waals surface area (Å²) in [5, 5.41) is 11.6. The zero-order valence-corrected chi connectivity index (χ0v) is 24.7.